The second kappa shape index (κ2) is 5.27. The van der Waals surface area contributed by atoms with Crippen LogP contribution >= 0.6 is 0 Å². The van der Waals surface area contributed by atoms with Crippen LogP contribution in [0.5, 0.6) is 0 Å². The molecule has 0 amide bonds. The van der Waals surface area contributed by atoms with Crippen LogP contribution < -0.4 is 0 Å². The lowest BCUT2D eigenvalue weighted by Gasteiger charge is -2.13. The van der Waals surface area contributed by atoms with E-state index in [2.05, 4.69) is 0 Å². The van der Waals surface area contributed by atoms with Crippen molar-refractivity contribution in [3.63, 3.8) is 0 Å². The Kier molecular flexibility index (Phi) is 4.26. The lowest BCUT2D eigenvalue weighted by Crippen LogP contribution is -2.20. The fourth-order valence-electron chi connectivity index (χ4n) is 1.39. The molecule has 0 bridgehead atoms. The lowest BCUT2D eigenvalue weighted by molar-refractivity contribution is 0.450. The molecule has 0 radical (unpaired) electrons. The van der Waals surface area contributed by atoms with Gasteiger partial charge in [-0.25, -0.2) is 8.42 Å². The highest BCUT2D eigenvalue weighted by Crippen LogP contribution is 2.18. The van der Waals surface area contributed by atoms with Gasteiger partial charge < -0.3 is 4.90 Å². The summed E-state index contributed by atoms with van der Waals surface area (Å²) in [4.78, 5) is 2.63. The molecular formula is C12H17NO2S. The Labute approximate surface area is 97.3 Å². The summed E-state index contributed by atoms with van der Waals surface area (Å²) in [5.41, 5.74) is 0. The van der Waals surface area contributed by atoms with E-state index in [-0.39, 0.29) is 0 Å². The van der Waals surface area contributed by atoms with Gasteiger partial charge in [0.1, 0.15) is 0 Å². The van der Waals surface area contributed by atoms with Gasteiger partial charge in [0.15, 0.2) is 0 Å². The highest BCUT2D eigenvalue weighted by Gasteiger charge is 2.19. The maximum Gasteiger partial charge on any atom is 0.203 e. The minimum atomic E-state index is -3.33. The van der Waals surface area contributed by atoms with Crippen molar-refractivity contribution in [1.29, 1.82) is 0 Å². The van der Waals surface area contributed by atoms with E-state index in [1.807, 2.05) is 19.0 Å². The van der Waals surface area contributed by atoms with Crippen molar-refractivity contribution in [1.82, 2.24) is 4.90 Å². The van der Waals surface area contributed by atoms with Crippen molar-refractivity contribution in [2.75, 3.05) is 20.6 Å². The lowest BCUT2D eigenvalue weighted by atomic mass is 10.4. The van der Waals surface area contributed by atoms with E-state index in [0.29, 0.717) is 16.3 Å². The molecule has 0 saturated carbocycles. The number of likely N-dealkylation sites (N-methyl/N-ethyl adjacent to an activating group) is 1. The predicted molar refractivity (Wildman–Crippen MR) is 65.9 cm³/mol. The summed E-state index contributed by atoms with van der Waals surface area (Å²) in [5, 5.41) is 0. The van der Waals surface area contributed by atoms with Gasteiger partial charge in [0, 0.05) is 6.54 Å². The molecule has 0 aliphatic heterocycles. The molecule has 0 N–H and O–H groups in total. The van der Waals surface area contributed by atoms with Gasteiger partial charge in [-0.3, -0.25) is 0 Å². The molecule has 0 atom stereocenters. The first-order valence-corrected chi connectivity index (χ1v) is 6.57. The molecule has 0 saturated heterocycles. The largest absolute Gasteiger partial charge is 0.304 e. The van der Waals surface area contributed by atoms with Crippen LogP contribution in [-0.4, -0.2) is 34.0 Å². The van der Waals surface area contributed by atoms with Crippen molar-refractivity contribution in [3.8, 4) is 0 Å². The first kappa shape index (κ1) is 12.9. The Morgan fingerprint density at radius 2 is 1.81 bits per heavy atom. The van der Waals surface area contributed by atoms with Gasteiger partial charge in [-0.05, 0) is 33.2 Å². The molecule has 0 unspecified atom stereocenters. The van der Waals surface area contributed by atoms with E-state index >= 15 is 0 Å². The van der Waals surface area contributed by atoms with Crippen LogP contribution in [0.1, 0.15) is 6.92 Å². The number of nitrogens with zero attached hydrogens (tertiary/aromatic N) is 1. The van der Waals surface area contributed by atoms with Crippen LogP contribution in [0.25, 0.3) is 0 Å². The van der Waals surface area contributed by atoms with E-state index in [4.69, 9.17) is 0 Å². The summed E-state index contributed by atoms with van der Waals surface area (Å²) >= 11 is 0. The zero-order valence-electron chi connectivity index (χ0n) is 9.84. The van der Waals surface area contributed by atoms with Crippen LogP contribution in [0.4, 0.5) is 0 Å². The van der Waals surface area contributed by atoms with Crippen molar-refractivity contribution < 1.29 is 8.42 Å². The maximum absolute atomic E-state index is 12.2. The molecule has 88 valence electrons. The number of sulfone groups is 1. The Hall–Kier alpha value is -1.13. The molecule has 16 heavy (non-hydrogen) atoms. The summed E-state index contributed by atoms with van der Waals surface area (Å²) in [6.45, 7) is 2.17. The van der Waals surface area contributed by atoms with Crippen LogP contribution in [-0.2, 0) is 9.84 Å². The van der Waals surface area contributed by atoms with Crippen molar-refractivity contribution in [2.45, 2.75) is 11.8 Å². The summed E-state index contributed by atoms with van der Waals surface area (Å²) < 4.78 is 24.4. The fourth-order valence-corrected chi connectivity index (χ4v) is 2.95. The SMILES string of the molecule is CC=C(CN(C)C)S(=O)(=O)c1ccccc1. The van der Waals surface area contributed by atoms with Gasteiger partial charge in [-0.1, -0.05) is 24.3 Å². The van der Waals surface area contributed by atoms with Crippen LogP contribution in [0, 0.1) is 0 Å². The average Bonchev–Trinajstić information content (AvgIpc) is 2.26. The fraction of sp³-hybridized carbons (Fsp3) is 0.333. The minimum absolute atomic E-state index is 0.352. The molecule has 4 heteroatoms. The summed E-state index contributed by atoms with van der Waals surface area (Å²) in [6, 6.07) is 8.51. The molecule has 0 aliphatic rings. The zero-order chi connectivity index (χ0) is 12.2. The van der Waals surface area contributed by atoms with Gasteiger partial charge in [0.25, 0.3) is 0 Å². The van der Waals surface area contributed by atoms with E-state index in [9.17, 15) is 8.42 Å². The molecule has 0 heterocycles. The van der Waals surface area contributed by atoms with E-state index in [1.165, 1.54) is 0 Å². The Bertz CT molecular complexity index is 461. The quantitative estimate of drug-likeness (QED) is 0.805. The van der Waals surface area contributed by atoms with Crippen LogP contribution in [0.2, 0.25) is 0 Å². The maximum atomic E-state index is 12.2. The Balaban J connectivity index is 3.11. The molecule has 0 spiro atoms. The molecule has 1 rings (SSSR count). The number of hydrogen-bond acceptors (Lipinski definition) is 3. The molecule has 1 aromatic rings. The highest BCUT2D eigenvalue weighted by molar-refractivity contribution is 7.95. The number of benzene rings is 1. The zero-order valence-corrected chi connectivity index (χ0v) is 10.7. The summed E-state index contributed by atoms with van der Waals surface area (Å²) in [5.74, 6) is 0. The van der Waals surface area contributed by atoms with Gasteiger partial charge in [0.05, 0.1) is 9.80 Å². The first-order valence-electron chi connectivity index (χ1n) is 5.08. The third kappa shape index (κ3) is 2.93. The first-order chi connectivity index (χ1) is 7.48. The molecule has 3 nitrogen and oxygen atoms in total. The van der Waals surface area contributed by atoms with Crippen molar-refractivity contribution >= 4 is 9.84 Å². The topological polar surface area (TPSA) is 37.4 Å². The van der Waals surface area contributed by atoms with Crippen molar-refractivity contribution in [3.05, 3.63) is 41.3 Å². The van der Waals surface area contributed by atoms with Crippen LogP contribution in [0.15, 0.2) is 46.2 Å². The van der Waals surface area contributed by atoms with Crippen molar-refractivity contribution in [2.24, 2.45) is 0 Å². The van der Waals surface area contributed by atoms with Gasteiger partial charge in [0.2, 0.25) is 9.84 Å². The smallest absolute Gasteiger partial charge is 0.203 e. The number of allylic oxidation sites excluding steroid dienone is 1. The molecule has 0 aliphatic carbocycles. The predicted octanol–water partition coefficient (Wildman–Crippen LogP) is 1.93. The monoisotopic (exact) mass is 239 g/mol. The van der Waals surface area contributed by atoms with Gasteiger partial charge in [-0.2, -0.15) is 0 Å². The second-order valence-corrected chi connectivity index (χ2v) is 5.81. The number of hydrogen-bond donors (Lipinski definition) is 0. The minimum Gasteiger partial charge on any atom is -0.304 e. The van der Waals surface area contributed by atoms with E-state index < -0.39 is 9.84 Å². The third-order valence-corrected chi connectivity index (χ3v) is 4.14. The Morgan fingerprint density at radius 1 is 1.25 bits per heavy atom. The molecule has 1 aromatic carbocycles. The van der Waals surface area contributed by atoms with Crippen LogP contribution in [0.3, 0.4) is 0 Å². The third-order valence-electron chi connectivity index (χ3n) is 2.19. The van der Waals surface area contributed by atoms with E-state index in [1.54, 1.807) is 43.3 Å². The molecule has 0 aromatic heterocycles. The standard InChI is InChI=1S/C12H17NO2S/c1-4-11(10-13(2)3)16(14,15)12-8-6-5-7-9-12/h4-9H,10H2,1-3H3. The van der Waals surface area contributed by atoms with E-state index in [0.717, 1.165) is 0 Å². The average molecular weight is 239 g/mol. The highest BCUT2D eigenvalue weighted by atomic mass is 32.2. The molecule has 0 fully saturated rings. The molecular weight excluding hydrogens is 222 g/mol. The van der Waals surface area contributed by atoms with Gasteiger partial charge in [-0.15, -0.1) is 0 Å². The number of rotatable bonds is 4. The van der Waals surface area contributed by atoms with Gasteiger partial charge >= 0.3 is 0 Å². The summed E-state index contributed by atoms with van der Waals surface area (Å²) in [7, 11) is 0.376. The normalized spacial score (nSPS) is 13.1. The second-order valence-electron chi connectivity index (χ2n) is 3.81. The summed E-state index contributed by atoms with van der Waals surface area (Å²) in [6.07, 6.45) is 1.66. The Morgan fingerprint density at radius 3 is 2.25 bits per heavy atom.